The van der Waals surface area contributed by atoms with Gasteiger partial charge in [-0.2, -0.15) is 0 Å². The van der Waals surface area contributed by atoms with Crippen LogP contribution in [0.3, 0.4) is 0 Å². The van der Waals surface area contributed by atoms with Crippen molar-refractivity contribution in [2.75, 3.05) is 32.7 Å². The molecule has 0 aliphatic carbocycles. The fraction of sp³-hybridized carbons (Fsp3) is 0.538. The summed E-state index contributed by atoms with van der Waals surface area (Å²) in [7, 11) is 1.99. The molecular weight excluding hydrogens is 386 g/mol. The largest absolute Gasteiger partial charge is 0.351 e. The van der Waals surface area contributed by atoms with Crippen molar-refractivity contribution in [3.05, 3.63) is 58.4 Å². The predicted octanol–water partition coefficient (Wildman–Crippen LogP) is 3.90. The van der Waals surface area contributed by atoms with E-state index in [0.717, 1.165) is 36.5 Å². The first kappa shape index (κ1) is 23.3. The summed E-state index contributed by atoms with van der Waals surface area (Å²) >= 11 is 0. The molecule has 0 atom stereocenters. The van der Waals surface area contributed by atoms with E-state index in [-0.39, 0.29) is 17.1 Å². The molecule has 5 heteroatoms. The topological polar surface area (TPSA) is 45.6 Å². The average Bonchev–Trinajstić information content (AvgIpc) is 2.99. The maximum atomic E-state index is 12.7. The molecule has 1 aliphatic rings. The smallest absolute Gasteiger partial charge is 0.222 e. The summed E-state index contributed by atoms with van der Waals surface area (Å²) in [6.07, 6.45) is 1.31. The molecule has 0 bridgehead atoms. The molecule has 0 radical (unpaired) electrons. The highest BCUT2D eigenvalue weighted by Gasteiger charge is 2.24. The van der Waals surface area contributed by atoms with E-state index in [1.165, 1.54) is 11.1 Å². The Morgan fingerprint density at radius 2 is 1.58 bits per heavy atom. The number of benzene rings is 1. The fourth-order valence-electron chi connectivity index (χ4n) is 4.16. The molecule has 2 heterocycles. The third-order valence-corrected chi connectivity index (χ3v) is 6.62. The van der Waals surface area contributed by atoms with Crippen LogP contribution in [0.5, 0.6) is 0 Å². The summed E-state index contributed by atoms with van der Waals surface area (Å²) in [5.74, 6) is 0.375. The highest BCUT2D eigenvalue weighted by atomic mass is 16.2. The standard InChI is InChI=1S/C26H37N3O2/c1-19-17-23(20(2)27(19)6)24(30)18-28-13-15-29(16-14-28)25(31)12-9-21-7-10-22(11-8-21)26(3,4)5/h7-8,10-11,17H,9,12-16,18H2,1-6H3. The Morgan fingerprint density at radius 1 is 0.968 bits per heavy atom. The van der Waals surface area contributed by atoms with Crippen molar-refractivity contribution in [2.45, 2.75) is 52.9 Å². The number of aryl methyl sites for hydroxylation is 2. The first-order valence-electron chi connectivity index (χ1n) is 11.3. The molecular formula is C26H37N3O2. The van der Waals surface area contributed by atoms with Gasteiger partial charge in [0.15, 0.2) is 5.78 Å². The predicted molar refractivity (Wildman–Crippen MR) is 126 cm³/mol. The second-order valence-corrected chi connectivity index (χ2v) is 9.87. The molecule has 168 valence electrons. The van der Waals surface area contributed by atoms with E-state index in [1.807, 2.05) is 31.9 Å². The molecule has 1 amide bonds. The van der Waals surface area contributed by atoms with Gasteiger partial charge < -0.3 is 9.47 Å². The van der Waals surface area contributed by atoms with Crippen LogP contribution < -0.4 is 0 Å². The van der Waals surface area contributed by atoms with Gasteiger partial charge in [-0.25, -0.2) is 0 Å². The average molecular weight is 424 g/mol. The Kier molecular flexibility index (Phi) is 7.05. The van der Waals surface area contributed by atoms with Crippen LogP contribution in [0.1, 0.15) is 60.1 Å². The second kappa shape index (κ2) is 9.39. The van der Waals surface area contributed by atoms with E-state index in [9.17, 15) is 9.59 Å². The van der Waals surface area contributed by atoms with Crippen LogP contribution in [0.25, 0.3) is 0 Å². The van der Waals surface area contributed by atoms with E-state index in [1.54, 1.807) is 0 Å². The number of piperazine rings is 1. The number of carbonyl (C=O) groups excluding carboxylic acids is 2. The van der Waals surface area contributed by atoms with Crippen molar-refractivity contribution in [2.24, 2.45) is 7.05 Å². The van der Waals surface area contributed by atoms with Crippen LogP contribution in [0.4, 0.5) is 0 Å². The minimum atomic E-state index is 0.146. The van der Waals surface area contributed by atoms with Crippen LogP contribution in [-0.4, -0.2) is 58.8 Å². The van der Waals surface area contributed by atoms with E-state index in [0.29, 0.717) is 26.1 Å². The summed E-state index contributed by atoms with van der Waals surface area (Å²) in [4.78, 5) is 29.5. The van der Waals surface area contributed by atoms with Gasteiger partial charge >= 0.3 is 0 Å². The zero-order valence-electron chi connectivity index (χ0n) is 20.0. The SMILES string of the molecule is Cc1cc(C(=O)CN2CCN(C(=O)CCc3ccc(C(C)(C)C)cc3)CC2)c(C)n1C. The molecule has 0 saturated carbocycles. The van der Waals surface area contributed by atoms with Gasteiger partial charge in [-0.15, -0.1) is 0 Å². The molecule has 3 rings (SSSR count). The van der Waals surface area contributed by atoms with Gasteiger partial charge in [-0.1, -0.05) is 45.0 Å². The van der Waals surface area contributed by atoms with E-state index in [4.69, 9.17) is 0 Å². The zero-order valence-corrected chi connectivity index (χ0v) is 20.0. The number of ketones is 1. The Bertz CT molecular complexity index is 927. The molecule has 1 aromatic carbocycles. The highest BCUT2D eigenvalue weighted by Crippen LogP contribution is 2.22. The number of hydrogen-bond donors (Lipinski definition) is 0. The molecule has 0 N–H and O–H groups in total. The normalized spacial score (nSPS) is 15.4. The van der Waals surface area contributed by atoms with Crippen LogP contribution in [0.15, 0.2) is 30.3 Å². The Balaban J connectivity index is 1.45. The minimum absolute atomic E-state index is 0.146. The van der Waals surface area contributed by atoms with Gasteiger partial charge in [-0.05, 0) is 42.9 Å². The first-order valence-corrected chi connectivity index (χ1v) is 11.3. The number of nitrogens with zero attached hydrogens (tertiary/aromatic N) is 3. The number of amides is 1. The Labute approximate surface area is 187 Å². The third-order valence-electron chi connectivity index (χ3n) is 6.62. The Morgan fingerprint density at radius 3 is 2.10 bits per heavy atom. The van der Waals surface area contributed by atoms with Crippen molar-refractivity contribution in [1.29, 1.82) is 0 Å². The van der Waals surface area contributed by atoms with Gasteiger partial charge in [0.05, 0.1) is 6.54 Å². The molecule has 31 heavy (non-hydrogen) atoms. The molecule has 1 aliphatic heterocycles. The molecule has 0 unspecified atom stereocenters. The van der Waals surface area contributed by atoms with Gasteiger partial charge in [0.2, 0.25) is 5.91 Å². The number of hydrogen-bond acceptors (Lipinski definition) is 3. The van der Waals surface area contributed by atoms with Crippen LogP contribution in [-0.2, 0) is 23.7 Å². The monoisotopic (exact) mass is 423 g/mol. The lowest BCUT2D eigenvalue weighted by Crippen LogP contribution is -2.50. The van der Waals surface area contributed by atoms with Crippen molar-refractivity contribution in [3.8, 4) is 0 Å². The molecule has 1 saturated heterocycles. The fourth-order valence-corrected chi connectivity index (χ4v) is 4.16. The summed E-state index contributed by atoms with van der Waals surface area (Å²) in [5.41, 5.74) is 5.60. The van der Waals surface area contributed by atoms with Crippen molar-refractivity contribution in [1.82, 2.24) is 14.4 Å². The van der Waals surface area contributed by atoms with Crippen molar-refractivity contribution in [3.63, 3.8) is 0 Å². The van der Waals surface area contributed by atoms with E-state index < -0.39 is 0 Å². The highest BCUT2D eigenvalue weighted by molar-refractivity contribution is 5.99. The van der Waals surface area contributed by atoms with Crippen molar-refractivity contribution < 1.29 is 9.59 Å². The molecule has 1 aromatic heterocycles. The summed E-state index contributed by atoms with van der Waals surface area (Å²) in [5, 5.41) is 0. The van der Waals surface area contributed by atoms with E-state index in [2.05, 4.69) is 54.5 Å². The molecule has 1 fully saturated rings. The van der Waals surface area contributed by atoms with Gasteiger partial charge in [0.25, 0.3) is 0 Å². The van der Waals surface area contributed by atoms with Crippen molar-refractivity contribution >= 4 is 11.7 Å². The first-order chi connectivity index (χ1) is 14.6. The molecule has 2 aromatic rings. The van der Waals surface area contributed by atoms with Crippen LogP contribution in [0.2, 0.25) is 0 Å². The number of Topliss-reactive ketones (excluding diaryl/α,β-unsaturated/α-hetero) is 1. The maximum Gasteiger partial charge on any atom is 0.222 e. The maximum absolute atomic E-state index is 12.7. The summed E-state index contributed by atoms with van der Waals surface area (Å²) < 4.78 is 2.06. The lowest BCUT2D eigenvalue weighted by atomic mass is 9.86. The molecule has 5 nitrogen and oxygen atoms in total. The number of carbonyl (C=O) groups is 2. The van der Waals surface area contributed by atoms with E-state index >= 15 is 0 Å². The Hall–Kier alpha value is -2.40. The summed E-state index contributed by atoms with van der Waals surface area (Å²) in [6.45, 7) is 14.0. The lowest BCUT2D eigenvalue weighted by molar-refractivity contribution is -0.132. The second-order valence-electron chi connectivity index (χ2n) is 9.87. The number of rotatable bonds is 6. The van der Waals surface area contributed by atoms with Crippen LogP contribution in [0, 0.1) is 13.8 Å². The third kappa shape index (κ3) is 5.65. The minimum Gasteiger partial charge on any atom is -0.351 e. The number of aromatic nitrogens is 1. The quantitative estimate of drug-likeness (QED) is 0.662. The zero-order chi connectivity index (χ0) is 22.8. The molecule has 0 spiro atoms. The van der Waals surface area contributed by atoms with Gasteiger partial charge in [0.1, 0.15) is 0 Å². The van der Waals surface area contributed by atoms with Gasteiger partial charge in [-0.3, -0.25) is 14.5 Å². The van der Waals surface area contributed by atoms with Gasteiger partial charge in [0, 0.05) is 56.6 Å². The van der Waals surface area contributed by atoms with Crippen LogP contribution >= 0.6 is 0 Å². The lowest BCUT2D eigenvalue weighted by Gasteiger charge is -2.34. The summed E-state index contributed by atoms with van der Waals surface area (Å²) in [6, 6.07) is 10.6.